The Hall–Kier alpha value is -1.88. The molecule has 0 aliphatic heterocycles. The highest BCUT2D eigenvalue weighted by Crippen LogP contribution is 2.24. The molecule has 0 saturated carbocycles. The molecule has 0 bridgehead atoms. The van der Waals surface area contributed by atoms with E-state index in [0.29, 0.717) is 19.4 Å². The Morgan fingerprint density at radius 2 is 2.00 bits per heavy atom. The number of thiazole rings is 1. The van der Waals surface area contributed by atoms with E-state index in [1.54, 1.807) is 23.3 Å². The number of carbonyl (C=O) groups is 1. The Morgan fingerprint density at radius 1 is 1.29 bits per heavy atom. The minimum atomic E-state index is 0.0698. The lowest BCUT2D eigenvalue weighted by Crippen LogP contribution is -2.26. The fourth-order valence-electron chi connectivity index (χ4n) is 1.80. The number of rotatable bonds is 6. The standard InChI is InChI=1S/C16H20N2O2S/c1-12-13(2)21-16(17-12)18(3)15(19)10-7-11-20-14-8-5-4-6-9-14/h4-6,8-9H,7,10-11H2,1-3H3. The van der Waals surface area contributed by atoms with Gasteiger partial charge in [0.25, 0.3) is 0 Å². The van der Waals surface area contributed by atoms with Crippen LogP contribution in [0.25, 0.3) is 0 Å². The minimum Gasteiger partial charge on any atom is -0.494 e. The third-order valence-electron chi connectivity index (χ3n) is 3.23. The molecule has 0 aliphatic carbocycles. The number of para-hydroxylation sites is 1. The first-order chi connectivity index (χ1) is 10.1. The second kappa shape index (κ2) is 7.22. The van der Waals surface area contributed by atoms with Crippen molar-refractivity contribution in [3.8, 4) is 5.75 Å². The van der Waals surface area contributed by atoms with Crippen LogP contribution in [0.5, 0.6) is 5.75 Å². The van der Waals surface area contributed by atoms with Crippen molar-refractivity contribution >= 4 is 22.4 Å². The number of aromatic nitrogens is 1. The highest BCUT2D eigenvalue weighted by atomic mass is 32.1. The van der Waals surface area contributed by atoms with Gasteiger partial charge in [-0.15, -0.1) is 11.3 Å². The van der Waals surface area contributed by atoms with Gasteiger partial charge in [-0.1, -0.05) is 18.2 Å². The van der Waals surface area contributed by atoms with Gasteiger partial charge in [-0.2, -0.15) is 0 Å². The Labute approximate surface area is 129 Å². The van der Waals surface area contributed by atoms with Crippen LogP contribution in [0.1, 0.15) is 23.4 Å². The summed E-state index contributed by atoms with van der Waals surface area (Å²) in [4.78, 5) is 19.3. The van der Waals surface area contributed by atoms with Crippen molar-refractivity contribution in [2.75, 3.05) is 18.6 Å². The zero-order chi connectivity index (χ0) is 15.2. The van der Waals surface area contributed by atoms with Crippen molar-refractivity contribution in [2.45, 2.75) is 26.7 Å². The van der Waals surface area contributed by atoms with E-state index in [0.717, 1.165) is 21.5 Å². The molecule has 0 unspecified atom stereocenters. The van der Waals surface area contributed by atoms with Crippen LogP contribution in [0, 0.1) is 13.8 Å². The summed E-state index contributed by atoms with van der Waals surface area (Å²) in [6.45, 7) is 4.52. The predicted octanol–water partition coefficient (Wildman–Crippen LogP) is 3.58. The van der Waals surface area contributed by atoms with Crippen LogP contribution >= 0.6 is 11.3 Å². The first-order valence-corrected chi connectivity index (χ1v) is 7.78. The third kappa shape index (κ3) is 4.29. The Bertz CT molecular complexity index is 576. The molecule has 0 N–H and O–H groups in total. The smallest absolute Gasteiger partial charge is 0.228 e. The van der Waals surface area contributed by atoms with E-state index in [2.05, 4.69) is 4.98 Å². The van der Waals surface area contributed by atoms with E-state index in [9.17, 15) is 4.79 Å². The van der Waals surface area contributed by atoms with Gasteiger partial charge in [0.05, 0.1) is 12.3 Å². The van der Waals surface area contributed by atoms with E-state index in [1.165, 1.54) is 0 Å². The zero-order valence-corrected chi connectivity index (χ0v) is 13.4. The maximum Gasteiger partial charge on any atom is 0.228 e. The number of hydrogen-bond acceptors (Lipinski definition) is 4. The molecular formula is C16H20N2O2S. The fraction of sp³-hybridized carbons (Fsp3) is 0.375. The summed E-state index contributed by atoms with van der Waals surface area (Å²) in [6.07, 6.45) is 1.16. The molecule has 2 aromatic rings. The molecule has 1 aromatic heterocycles. The molecule has 2 rings (SSSR count). The number of benzene rings is 1. The number of carbonyl (C=O) groups excluding carboxylic acids is 1. The SMILES string of the molecule is Cc1nc(N(C)C(=O)CCCOc2ccccc2)sc1C. The van der Waals surface area contributed by atoms with Gasteiger partial charge in [-0.05, 0) is 32.4 Å². The maximum absolute atomic E-state index is 12.1. The Morgan fingerprint density at radius 3 is 2.62 bits per heavy atom. The summed E-state index contributed by atoms with van der Waals surface area (Å²) in [5, 5.41) is 0.763. The van der Waals surface area contributed by atoms with Crippen molar-refractivity contribution in [3.05, 3.63) is 40.9 Å². The van der Waals surface area contributed by atoms with Crippen molar-refractivity contribution in [1.82, 2.24) is 4.98 Å². The van der Waals surface area contributed by atoms with Crippen LogP contribution in [0.4, 0.5) is 5.13 Å². The lowest BCUT2D eigenvalue weighted by Gasteiger charge is -2.13. The van der Waals surface area contributed by atoms with Gasteiger partial charge in [-0.3, -0.25) is 9.69 Å². The van der Waals surface area contributed by atoms with Gasteiger partial charge < -0.3 is 4.74 Å². The Kier molecular flexibility index (Phi) is 5.33. The number of hydrogen-bond donors (Lipinski definition) is 0. The average Bonchev–Trinajstić information content (AvgIpc) is 2.83. The molecule has 21 heavy (non-hydrogen) atoms. The van der Waals surface area contributed by atoms with Gasteiger partial charge in [0.2, 0.25) is 5.91 Å². The molecule has 0 aliphatic rings. The number of aryl methyl sites for hydroxylation is 2. The van der Waals surface area contributed by atoms with Crippen LogP contribution in [0.3, 0.4) is 0 Å². The molecule has 1 aromatic carbocycles. The van der Waals surface area contributed by atoms with Gasteiger partial charge in [0.1, 0.15) is 5.75 Å². The molecular weight excluding hydrogens is 284 g/mol. The molecule has 0 spiro atoms. The third-order valence-corrected chi connectivity index (χ3v) is 4.37. The normalized spacial score (nSPS) is 10.4. The quantitative estimate of drug-likeness (QED) is 0.766. The number of ether oxygens (including phenoxy) is 1. The second-order valence-electron chi connectivity index (χ2n) is 4.86. The number of anilines is 1. The van der Waals surface area contributed by atoms with E-state index in [4.69, 9.17) is 4.74 Å². The average molecular weight is 304 g/mol. The van der Waals surface area contributed by atoms with E-state index in [1.807, 2.05) is 44.2 Å². The molecule has 0 radical (unpaired) electrons. The van der Waals surface area contributed by atoms with Crippen LogP contribution < -0.4 is 9.64 Å². The summed E-state index contributed by atoms with van der Waals surface area (Å²) < 4.78 is 5.58. The topological polar surface area (TPSA) is 42.4 Å². The first-order valence-electron chi connectivity index (χ1n) is 6.96. The van der Waals surface area contributed by atoms with Gasteiger partial charge >= 0.3 is 0 Å². The summed E-state index contributed by atoms with van der Waals surface area (Å²) in [6, 6.07) is 9.64. The Balaban J connectivity index is 1.76. The molecule has 1 heterocycles. The van der Waals surface area contributed by atoms with Gasteiger partial charge in [0.15, 0.2) is 5.13 Å². The van der Waals surface area contributed by atoms with Crippen LogP contribution in [-0.2, 0) is 4.79 Å². The number of nitrogens with zero attached hydrogens (tertiary/aromatic N) is 2. The monoisotopic (exact) mass is 304 g/mol. The molecule has 5 heteroatoms. The lowest BCUT2D eigenvalue weighted by molar-refractivity contribution is -0.118. The predicted molar refractivity (Wildman–Crippen MR) is 86.2 cm³/mol. The lowest BCUT2D eigenvalue weighted by atomic mass is 10.3. The first kappa shape index (κ1) is 15.5. The van der Waals surface area contributed by atoms with Crippen molar-refractivity contribution in [1.29, 1.82) is 0 Å². The van der Waals surface area contributed by atoms with Crippen molar-refractivity contribution < 1.29 is 9.53 Å². The fourth-order valence-corrected chi connectivity index (χ4v) is 2.69. The van der Waals surface area contributed by atoms with Crippen molar-refractivity contribution in [2.24, 2.45) is 0 Å². The maximum atomic E-state index is 12.1. The summed E-state index contributed by atoms with van der Waals surface area (Å²) in [5.41, 5.74) is 0.988. The van der Waals surface area contributed by atoms with E-state index >= 15 is 0 Å². The van der Waals surface area contributed by atoms with E-state index in [-0.39, 0.29) is 5.91 Å². The molecule has 0 atom stereocenters. The zero-order valence-electron chi connectivity index (χ0n) is 12.6. The van der Waals surface area contributed by atoms with Gasteiger partial charge in [0, 0.05) is 18.3 Å². The highest BCUT2D eigenvalue weighted by Gasteiger charge is 2.15. The van der Waals surface area contributed by atoms with Crippen LogP contribution in [-0.4, -0.2) is 24.5 Å². The van der Waals surface area contributed by atoms with Crippen LogP contribution in [0.2, 0.25) is 0 Å². The van der Waals surface area contributed by atoms with Crippen LogP contribution in [0.15, 0.2) is 30.3 Å². The molecule has 112 valence electrons. The molecule has 4 nitrogen and oxygen atoms in total. The van der Waals surface area contributed by atoms with E-state index < -0.39 is 0 Å². The summed E-state index contributed by atoms with van der Waals surface area (Å²) in [5.74, 6) is 0.907. The van der Waals surface area contributed by atoms with Crippen molar-refractivity contribution in [3.63, 3.8) is 0 Å². The van der Waals surface area contributed by atoms with Gasteiger partial charge in [-0.25, -0.2) is 4.98 Å². The summed E-state index contributed by atoms with van der Waals surface area (Å²) >= 11 is 1.55. The highest BCUT2D eigenvalue weighted by molar-refractivity contribution is 7.15. The summed E-state index contributed by atoms with van der Waals surface area (Å²) in [7, 11) is 1.78. The molecule has 0 saturated heterocycles. The molecule has 0 fully saturated rings. The number of amides is 1. The molecule has 1 amide bonds. The largest absolute Gasteiger partial charge is 0.494 e. The second-order valence-corrected chi connectivity index (χ2v) is 6.04. The minimum absolute atomic E-state index is 0.0698.